The standard InChI is InChI=1S/C9H8N2O3/c1-11-7-4-6(10-5-12)2-3-8(7)14-9(11)13/h2-5H,1H3,(H,10,12). The summed E-state index contributed by atoms with van der Waals surface area (Å²) in [5.41, 5.74) is 1.79. The summed E-state index contributed by atoms with van der Waals surface area (Å²) in [4.78, 5) is 21.3. The number of aromatic nitrogens is 1. The van der Waals surface area contributed by atoms with Crippen LogP contribution in [0.25, 0.3) is 11.1 Å². The van der Waals surface area contributed by atoms with Gasteiger partial charge in [0.2, 0.25) is 6.41 Å². The maximum absolute atomic E-state index is 11.1. The van der Waals surface area contributed by atoms with Crippen LogP contribution in [0.2, 0.25) is 0 Å². The Labute approximate surface area is 78.9 Å². The Balaban J connectivity index is 2.69. The number of benzene rings is 1. The lowest BCUT2D eigenvalue weighted by Gasteiger charge is -1.97. The molecule has 1 amide bonds. The molecule has 5 nitrogen and oxygen atoms in total. The highest BCUT2D eigenvalue weighted by molar-refractivity contribution is 5.81. The molecule has 2 rings (SSSR count). The Morgan fingerprint density at radius 1 is 1.50 bits per heavy atom. The fourth-order valence-corrected chi connectivity index (χ4v) is 1.28. The maximum atomic E-state index is 11.1. The molecule has 0 spiro atoms. The third-order valence-corrected chi connectivity index (χ3v) is 2.02. The molecule has 1 N–H and O–H groups in total. The lowest BCUT2D eigenvalue weighted by atomic mass is 10.3. The third-order valence-electron chi connectivity index (χ3n) is 2.02. The number of rotatable bonds is 2. The quantitative estimate of drug-likeness (QED) is 0.712. The highest BCUT2D eigenvalue weighted by atomic mass is 16.4. The molecule has 0 aliphatic heterocycles. The van der Waals surface area contributed by atoms with Crippen LogP contribution in [-0.4, -0.2) is 11.0 Å². The number of oxazole rings is 1. The van der Waals surface area contributed by atoms with E-state index in [2.05, 4.69) is 5.32 Å². The smallest absolute Gasteiger partial charge is 0.408 e. The Morgan fingerprint density at radius 2 is 2.29 bits per heavy atom. The van der Waals surface area contributed by atoms with Gasteiger partial charge in [-0.3, -0.25) is 9.36 Å². The molecule has 2 aromatic rings. The number of hydrogen-bond donors (Lipinski definition) is 1. The monoisotopic (exact) mass is 192 g/mol. The summed E-state index contributed by atoms with van der Waals surface area (Å²) in [7, 11) is 1.61. The number of nitrogens with one attached hydrogen (secondary N) is 1. The second-order valence-electron chi connectivity index (χ2n) is 2.87. The minimum absolute atomic E-state index is 0.414. The van der Waals surface area contributed by atoms with E-state index in [1.165, 1.54) is 4.57 Å². The van der Waals surface area contributed by atoms with E-state index in [9.17, 15) is 9.59 Å². The first kappa shape index (κ1) is 8.55. The van der Waals surface area contributed by atoms with Crippen LogP contribution < -0.4 is 11.1 Å². The molecule has 0 saturated heterocycles. The van der Waals surface area contributed by atoms with Gasteiger partial charge in [-0.15, -0.1) is 0 Å². The van der Waals surface area contributed by atoms with Crippen LogP contribution in [-0.2, 0) is 11.8 Å². The number of amides is 1. The summed E-state index contributed by atoms with van der Waals surface area (Å²) >= 11 is 0. The van der Waals surface area contributed by atoms with E-state index in [1.807, 2.05) is 0 Å². The Morgan fingerprint density at radius 3 is 3.00 bits per heavy atom. The number of carbonyl (C=O) groups excluding carboxylic acids is 1. The summed E-state index contributed by atoms with van der Waals surface area (Å²) in [5.74, 6) is -0.414. The number of nitrogens with zero attached hydrogens (tertiary/aromatic N) is 1. The maximum Gasteiger partial charge on any atom is 0.419 e. The van der Waals surface area contributed by atoms with E-state index in [0.29, 0.717) is 23.2 Å². The second kappa shape index (κ2) is 3.02. The van der Waals surface area contributed by atoms with Gasteiger partial charge in [0.15, 0.2) is 5.58 Å². The average molecular weight is 192 g/mol. The molecule has 1 aromatic heterocycles. The van der Waals surface area contributed by atoms with Crippen molar-refractivity contribution in [3.63, 3.8) is 0 Å². The number of aryl methyl sites for hydroxylation is 1. The number of fused-ring (bicyclic) bond motifs is 1. The van der Waals surface area contributed by atoms with Crippen molar-refractivity contribution in [1.29, 1.82) is 0 Å². The van der Waals surface area contributed by atoms with E-state index >= 15 is 0 Å². The molecular formula is C9H8N2O3. The molecule has 0 aliphatic rings. The zero-order valence-corrected chi connectivity index (χ0v) is 7.48. The van der Waals surface area contributed by atoms with Gasteiger partial charge in [0.05, 0.1) is 5.52 Å². The van der Waals surface area contributed by atoms with E-state index in [4.69, 9.17) is 4.42 Å². The van der Waals surface area contributed by atoms with Crippen LogP contribution in [0.5, 0.6) is 0 Å². The number of hydrogen-bond acceptors (Lipinski definition) is 3. The lowest BCUT2D eigenvalue weighted by molar-refractivity contribution is -0.105. The van der Waals surface area contributed by atoms with Gasteiger partial charge in [-0.2, -0.15) is 0 Å². The fourth-order valence-electron chi connectivity index (χ4n) is 1.28. The van der Waals surface area contributed by atoms with Crippen LogP contribution in [0.15, 0.2) is 27.4 Å². The van der Waals surface area contributed by atoms with Gasteiger partial charge in [-0.1, -0.05) is 0 Å². The van der Waals surface area contributed by atoms with Crippen LogP contribution in [0.4, 0.5) is 5.69 Å². The summed E-state index contributed by atoms with van der Waals surface area (Å²) in [6, 6.07) is 4.98. The lowest BCUT2D eigenvalue weighted by Crippen LogP contribution is -2.08. The molecule has 0 bridgehead atoms. The Kier molecular flexibility index (Phi) is 1.85. The molecule has 0 saturated carbocycles. The van der Waals surface area contributed by atoms with Crippen LogP contribution in [0.1, 0.15) is 0 Å². The van der Waals surface area contributed by atoms with Gasteiger partial charge in [-0.25, -0.2) is 4.79 Å². The molecule has 0 aliphatic carbocycles. The second-order valence-corrected chi connectivity index (χ2v) is 2.87. The Hall–Kier alpha value is -2.04. The summed E-state index contributed by atoms with van der Waals surface area (Å²) in [6.45, 7) is 0. The molecule has 1 aromatic carbocycles. The van der Waals surface area contributed by atoms with Crippen molar-refractivity contribution in [2.45, 2.75) is 0 Å². The van der Waals surface area contributed by atoms with Crippen molar-refractivity contribution >= 4 is 23.2 Å². The van der Waals surface area contributed by atoms with E-state index in [-0.39, 0.29) is 0 Å². The highest BCUT2D eigenvalue weighted by Gasteiger charge is 2.05. The first-order valence-corrected chi connectivity index (χ1v) is 4.02. The zero-order chi connectivity index (χ0) is 10.1. The number of anilines is 1. The first-order valence-electron chi connectivity index (χ1n) is 4.02. The zero-order valence-electron chi connectivity index (χ0n) is 7.48. The molecular weight excluding hydrogens is 184 g/mol. The van der Waals surface area contributed by atoms with Gasteiger partial charge in [0.1, 0.15) is 0 Å². The predicted molar refractivity (Wildman–Crippen MR) is 51.1 cm³/mol. The molecule has 72 valence electrons. The van der Waals surface area contributed by atoms with E-state index in [1.54, 1.807) is 25.2 Å². The fraction of sp³-hybridized carbons (Fsp3) is 0.111. The average Bonchev–Trinajstić information content (AvgIpc) is 2.45. The van der Waals surface area contributed by atoms with Crippen molar-refractivity contribution in [3.05, 3.63) is 28.7 Å². The summed E-state index contributed by atoms with van der Waals surface area (Å²) in [6.07, 6.45) is 0.583. The molecule has 5 heteroatoms. The third kappa shape index (κ3) is 1.19. The SMILES string of the molecule is Cn1c(=O)oc2ccc(NC=O)cc21. The van der Waals surface area contributed by atoms with Crippen LogP contribution in [0.3, 0.4) is 0 Å². The summed E-state index contributed by atoms with van der Waals surface area (Å²) in [5, 5.41) is 2.50. The topological polar surface area (TPSA) is 64.2 Å². The highest BCUT2D eigenvalue weighted by Crippen LogP contribution is 2.16. The van der Waals surface area contributed by atoms with Crippen molar-refractivity contribution in [3.8, 4) is 0 Å². The summed E-state index contributed by atoms with van der Waals surface area (Å²) < 4.78 is 6.30. The Bertz CT molecular complexity index is 538. The minimum atomic E-state index is -0.414. The van der Waals surface area contributed by atoms with Crippen LogP contribution >= 0.6 is 0 Å². The van der Waals surface area contributed by atoms with Crippen molar-refractivity contribution in [1.82, 2.24) is 4.57 Å². The van der Waals surface area contributed by atoms with Crippen molar-refractivity contribution in [2.24, 2.45) is 7.05 Å². The van der Waals surface area contributed by atoms with Crippen molar-refractivity contribution < 1.29 is 9.21 Å². The predicted octanol–water partition coefficient (Wildman–Crippen LogP) is 0.700. The van der Waals surface area contributed by atoms with Crippen molar-refractivity contribution in [2.75, 3.05) is 5.32 Å². The number of carbonyl (C=O) groups is 1. The normalized spacial score (nSPS) is 10.4. The molecule has 0 atom stereocenters. The minimum Gasteiger partial charge on any atom is -0.408 e. The van der Waals surface area contributed by atoms with Crippen LogP contribution in [0, 0.1) is 0 Å². The molecule has 14 heavy (non-hydrogen) atoms. The first-order chi connectivity index (χ1) is 6.72. The molecule has 0 unspecified atom stereocenters. The van der Waals surface area contributed by atoms with E-state index < -0.39 is 5.76 Å². The molecule has 1 heterocycles. The van der Waals surface area contributed by atoms with Gasteiger partial charge >= 0.3 is 5.76 Å². The van der Waals surface area contributed by atoms with Gasteiger partial charge in [-0.05, 0) is 18.2 Å². The van der Waals surface area contributed by atoms with Gasteiger partial charge < -0.3 is 9.73 Å². The molecule has 0 radical (unpaired) electrons. The molecule has 0 fully saturated rings. The van der Waals surface area contributed by atoms with Gasteiger partial charge in [0.25, 0.3) is 0 Å². The largest absolute Gasteiger partial charge is 0.419 e. The van der Waals surface area contributed by atoms with E-state index in [0.717, 1.165) is 0 Å². The van der Waals surface area contributed by atoms with Gasteiger partial charge in [0, 0.05) is 12.7 Å².